The fourth-order valence-electron chi connectivity index (χ4n) is 4.02. The minimum atomic E-state index is -4.40. The van der Waals surface area contributed by atoms with E-state index in [1.165, 1.54) is 0 Å². The molecule has 2 unspecified atom stereocenters. The van der Waals surface area contributed by atoms with E-state index in [-0.39, 0.29) is 10.8 Å². The van der Waals surface area contributed by atoms with E-state index in [4.69, 9.17) is 0 Å². The Bertz CT molecular complexity index is 1240. The molecule has 6 nitrogen and oxygen atoms in total. The van der Waals surface area contributed by atoms with Gasteiger partial charge in [0.1, 0.15) is 5.69 Å². The number of halogens is 4. The third-order valence-corrected chi connectivity index (χ3v) is 8.05. The molecule has 0 amide bonds. The van der Waals surface area contributed by atoms with Gasteiger partial charge in [-0.15, -0.1) is 0 Å². The average Bonchev–Trinajstić information content (AvgIpc) is 3.49. The van der Waals surface area contributed by atoms with Crippen LogP contribution in [0.2, 0.25) is 0 Å². The summed E-state index contributed by atoms with van der Waals surface area (Å²) >= 11 is 3.55. The minimum Gasteiger partial charge on any atom is -0.258 e. The van der Waals surface area contributed by atoms with Crippen LogP contribution in [0.4, 0.5) is 13.2 Å². The second kappa shape index (κ2) is 8.91. The molecule has 2 heterocycles. The Morgan fingerprint density at radius 2 is 1.94 bits per heavy atom. The van der Waals surface area contributed by atoms with Crippen molar-refractivity contribution < 1.29 is 21.6 Å². The second-order valence-electron chi connectivity index (χ2n) is 9.65. The number of pyridine rings is 1. The van der Waals surface area contributed by atoms with Crippen LogP contribution in [0.15, 0.2) is 52.1 Å². The summed E-state index contributed by atoms with van der Waals surface area (Å²) in [5.74, 6) is -1.62. The van der Waals surface area contributed by atoms with Crippen LogP contribution in [0.1, 0.15) is 51.6 Å². The zero-order valence-corrected chi connectivity index (χ0v) is 21.4. The van der Waals surface area contributed by atoms with Crippen molar-refractivity contribution in [3.8, 4) is 11.4 Å². The van der Waals surface area contributed by atoms with Gasteiger partial charge in [0.05, 0.1) is 34.3 Å². The van der Waals surface area contributed by atoms with Crippen LogP contribution in [0.5, 0.6) is 0 Å². The van der Waals surface area contributed by atoms with Gasteiger partial charge in [0.15, 0.2) is 0 Å². The summed E-state index contributed by atoms with van der Waals surface area (Å²) in [4.78, 5) is 4.37. The largest absolute Gasteiger partial charge is 0.395 e. The van der Waals surface area contributed by atoms with Crippen molar-refractivity contribution in [1.29, 1.82) is 0 Å². The van der Waals surface area contributed by atoms with Gasteiger partial charge in [0.25, 0.3) is 0 Å². The first-order chi connectivity index (χ1) is 15.8. The lowest BCUT2D eigenvalue weighted by atomic mass is 10.0. The van der Waals surface area contributed by atoms with E-state index < -0.39 is 40.1 Å². The third kappa shape index (κ3) is 5.16. The van der Waals surface area contributed by atoms with Gasteiger partial charge in [0.2, 0.25) is 10.0 Å². The fraction of sp³-hybridized carbons (Fsp3) is 0.478. The summed E-state index contributed by atoms with van der Waals surface area (Å²) in [5.41, 5.74) is 1.62. The predicted octanol–water partition coefficient (Wildman–Crippen LogP) is 5.86. The van der Waals surface area contributed by atoms with Gasteiger partial charge in [-0.2, -0.15) is 18.3 Å². The number of aromatic nitrogens is 3. The van der Waals surface area contributed by atoms with Crippen LogP contribution in [0.3, 0.4) is 0 Å². The first-order valence-electron chi connectivity index (χ1n) is 11.0. The molecule has 1 fully saturated rings. The zero-order valence-electron chi connectivity index (χ0n) is 19.0. The Kier molecular flexibility index (Phi) is 6.58. The van der Waals surface area contributed by atoms with Gasteiger partial charge in [-0.1, -0.05) is 12.2 Å². The van der Waals surface area contributed by atoms with E-state index >= 15 is 0 Å². The first kappa shape index (κ1) is 25.1. The second-order valence-corrected chi connectivity index (χ2v) is 12.2. The molecule has 2 aliphatic carbocycles. The Morgan fingerprint density at radius 1 is 1.24 bits per heavy atom. The molecule has 0 aromatic carbocycles. The van der Waals surface area contributed by atoms with Crippen molar-refractivity contribution in [2.45, 2.75) is 57.8 Å². The van der Waals surface area contributed by atoms with E-state index in [0.29, 0.717) is 17.0 Å². The lowest BCUT2D eigenvalue weighted by Crippen LogP contribution is -2.32. The Morgan fingerprint density at radius 3 is 2.47 bits per heavy atom. The topological polar surface area (TPSA) is 76.9 Å². The average molecular weight is 559 g/mol. The number of sulfonamides is 1. The molecule has 2 aromatic rings. The van der Waals surface area contributed by atoms with Gasteiger partial charge in [-0.05, 0) is 80.1 Å². The van der Waals surface area contributed by atoms with Gasteiger partial charge < -0.3 is 0 Å². The van der Waals surface area contributed by atoms with Crippen molar-refractivity contribution in [1.82, 2.24) is 19.5 Å². The molecule has 11 heteroatoms. The quantitative estimate of drug-likeness (QED) is 0.482. The molecular weight excluding hydrogens is 533 g/mol. The maximum absolute atomic E-state index is 13.2. The molecule has 4 rings (SSSR count). The summed E-state index contributed by atoms with van der Waals surface area (Å²) in [5, 5.41) is 4.58. The highest BCUT2D eigenvalue weighted by atomic mass is 79.9. The van der Waals surface area contributed by atoms with Gasteiger partial charge >= 0.3 is 6.18 Å². The van der Waals surface area contributed by atoms with Crippen molar-refractivity contribution in [2.24, 2.45) is 11.8 Å². The van der Waals surface area contributed by atoms with E-state index in [2.05, 4.69) is 30.7 Å². The van der Waals surface area contributed by atoms with Crippen molar-refractivity contribution in [3.05, 3.63) is 57.7 Å². The van der Waals surface area contributed by atoms with Crippen LogP contribution in [0.25, 0.3) is 11.4 Å². The summed E-state index contributed by atoms with van der Waals surface area (Å²) in [6.45, 7) is 5.99. The van der Waals surface area contributed by atoms with Crippen molar-refractivity contribution >= 4 is 26.0 Å². The molecule has 2 atom stereocenters. The number of rotatable bonds is 6. The molecule has 0 spiro atoms. The maximum Gasteiger partial charge on any atom is 0.395 e. The lowest BCUT2D eigenvalue weighted by molar-refractivity contribution is -0.160. The summed E-state index contributed by atoms with van der Waals surface area (Å²) in [7, 11) is -4.05. The Labute approximate surface area is 205 Å². The molecule has 0 saturated heterocycles. The van der Waals surface area contributed by atoms with Gasteiger partial charge in [0, 0.05) is 16.2 Å². The number of hydrogen-bond donors (Lipinski definition) is 1. The molecule has 2 aromatic heterocycles. The molecule has 1 saturated carbocycles. The van der Waals surface area contributed by atoms with Crippen LogP contribution in [0, 0.1) is 11.8 Å². The van der Waals surface area contributed by atoms with Crippen LogP contribution in [-0.4, -0.2) is 29.4 Å². The summed E-state index contributed by atoms with van der Waals surface area (Å²) in [6, 6.07) is 3.07. The number of nitrogens with zero attached hydrogens (tertiary/aromatic N) is 3. The highest BCUT2D eigenvalue weighted by molar-refractivity contribution is 9.10. The monoisotopic (exact) mass is 558 g/mol. The Hall–Kier alpha value is -1.98. The third-order valence-electron chi connectivity index (χ3n) is 5.92. The molecule has 1 N–H and O–H groups in total. The van der Waals surface area contributed by atoms with E-state index in [1.807, 2.05) is 31.5 Å². The normalized spacial score (nSPS) is 20.3. The van der Waals surface area contributed by atoms with Crippen LogP contribution >= 0.6 is 15.9 Å². The molecular formula is C23H26BrF3N4O2S. The number of allylic oxidation sites excluding steroid dienone is 3. The smallest absolute Gasteiger partial charge is 0.258 e. The fourth-order valence-corrected chi connectivity index (χ4v) is 5.82. The zero-order chi connectivity index (χ0) is 24.9. The lowest BCUT2D eigenvalue weighted by Gasteiger charge is -2.25. The molecule has 184 valence electrons. The first-order valence-corrected chi connectivity index (χ1v) is 13.2. The van der Waals surface area contributed by atoms with Crippen LogP contribution < -0.4 is 4.72 Å². The van der Waals surface area contributed by atoms with Gasteiger partial charge in [-0.25, -0.2) is 13.1 Å². The van der Waals surface area contributed by atoms with E-state index in [1.54, 1.807) is 18.5 Å². The predicted molar refractivity (Wildman–Crippen MR) is 127 cm³/mol. The van der Waals surface area contributed by atoms with E-state index in [0.717, 1.165) is 35.5 Å². The standard InChI is InChI=1S/C23H26BrF3N4O2S/c1-22(2,3)31-21(20-18(24)5-4-12-28-20)17(13-29-31)19(14-6-7-14)30-34(32,33)16-10-8-15(9-11-16)23(25,26)27/h4-5,8,10-15,19,30H,6-7,9H2,1-3H3. The molecule has 0 bridgehead atoms. The SMILES string of the molecule is CC(C)(C)n1ncc(C(NS(=O)(=O)C2=CCC(C(F)(F)F)C=C2)C2CC2)c1-c1ncccc1Br. The van der Waals surface area contributed by atoms with Crippen molar-refractivity contribution in [3.63, 3.8) is 0 Å². The van der Waals surface area contributed by atoms with E-state index in [9.17, 15) is 21.6 Å². The minimum absolute atomic E-state index is 0.0599. The highest BCUT2D eigenvalue weighted by Crippen LogP contribution is 2.46. The number of nitrogens with one attached hydrogen (secondary N) is 1. The van der Waals surface area contributed by atoms with Crippen molar-refractivity contribution in [2.75, 3.05) is 0 Å². The summed E-state index contributed by atoms with van der Waals surface area (Å²) in [6.07, 6.45) is 3.28. The molecule has 0 aliphatic heterocycles. The number of hydrogen-bond acceptors (Lipinski definition) is 4. The highest BCUT2D eigenvalue weighted by Gasteiger charge is 2.41. The Balaban J connectivity index is 1.72. The molecule has 34 heavy (non-hydrogen) atoms. The molecule has 2 aliphatic rings. The number of alkyl halides is 3. The molecule has 0 radical (unpaired) electrons. The van der Waals surface area contributed by atoms with Gasteiger partial charge in [-0.3, -0.25) is 9.67 Å². The summed E-state index contributed by atoms with van der Waals surface area (Å²) < 4.78 is 70.7. The van der Waals surface area contributed by atoms with Crippen LogP contribution in [-0.2, 0) is 15.6 Å². The maximum atomic E-state index is 13.2.